The second-order valence-electron chi connectivity index (χ2n) is 6.57. The largest absolute Gasteiger partial charge is 0.341 e. The Morgan fingerprint density at radius 1 is 0.905 bits per heavy atom. The number of rotatable bonds is 3. The van der Waals surface area contributed by atoms with Crippen molar-refractivity contribution in [3.63, 3.8) is 0 Å². The molecule has 0 aromatic rings. The molecular weight excluding hydrogens is 266 g/mol. The Morgan fingerprint density at radius 2 is 1.48 bits per heavy atom. The first-order valence-electron chi connectivity index (χ1n) is 8.38. The summed E-state index contributed by atoms with van der Waals surface area (Å²) in [6, 6.07) is 0. The lowest BCUT2D eigenvalue weighted by Crippen LogP contribution is -2.47. The van der Waals surface area contributed by atoms with E-state index in [1.54, 1.807) is 0 Å². The first kappa shape index (κ1) is 16.3. The number of nitrogens with two attached hydrogens (primary N) is 1. The van der Waals surface area contributed by atoms with Crippen molar-refractivity contribution in [2.45, 2.75) is 63.8 Å². The van der Waals surface area contributed by atoms with Crippen LogP contribution < -0.4 is 5.73 Å². The van der Waals surface area contributed by atoms with Crippen LogP contribution >= 0.6 is 0 Å². The Kier molecular flexibility index (Phi) is 5.62. The lowest BCUT2D eigenvalue weighted by atomic mass is 9.80. The van der Waals surface area contributed by atoms with Crippen LogP contribution in [-0.4, -0.2) is 53.3 Å². The van der Waals surface area contributed by atoms with Gasteiger partial charge >= 0.3 is 0 Å². The van der Waals surface area contributed by atoms with Crippen molar-refractivity contribution in [3.05, 3.63) is 0 Å². The van der Waals surface area contributed by atoms with Gasteiger partial charge in [-0.15, -0.1) is 0 Å². The molecule has 2 rings (SSSR count). The molecule has 5 heteroatoms. The van der Waals surface area contributed by atoms with Crippen molar-refractivity contribution in [3.8, 4) is 0 Å². The first-order valence-corrected chi connectivity index (χ1v) is 8.38. The maximum Gasteiger partial charge on any atom is 0.224 e. The third-order valence-corrected chi connectivity index (χ3v) is 4.86. The summed E-state index contributed by atoms with van der Waals surface area (Å²) in [7, 11) is 0. The van der Waals surface area contributed by atoms with Crippen LogP contribution in [0.4, 0.5) is 0 Å². The van der Waals surface area contributed by atoms with Gasteiger partial charge in [-0.1, -0.05) is 26.2 Å². The molecule has 0 radical (unpaired) electrons. The molecule has 0 spiro atoms. The lowest BCUT2D eigenvalue weighted by molar-refractivity contribution is -0.134. The number of carbonyl (C=O) groups is 2. The van der Waals surface area contributed by atoms with Gasteiger partial charge in [0, 0.05) is 44.6 Å². The number of hydrogen-bond donors (Lipinski definition) is 1. The molecule has 0 unspecified atom stereocenters. The highest BCUT2D eigenvalue weighted by Crippen LogP contribution is 2.29. The standard InChI is InChI=1S/C16H29N3O2/c1-2-14(20)18-9-6-10-19(12-11-18)15(21)13-16(17)7-4-3-5-8-16/h2-13,17H2,1H3. The second-order valence-corrected chi connectivity index (χ2v) is 6.57. The maximum absolute atomic E-state index is 12.5. The van der Waals surface area contributed by atoms with E-state index in [1.807, 2.05) is 16.7 Å². The van der Waals surface area contributed by atoms with Crippen molar-refractivity contribution in [2.24, 2.45) is 5.73 Å². The SMILES string of the molecule is CCC(=O)N1CCCN(C(=O)CC2(N)CCCCC2)CC1. The van der Waals surface area contributed by atoms with E-state index in [4.69, 9.17) is 5.73 Å². The van der Waals surface area contributed by atoms with E-state index in [2.05, 4.69) is 0 Å². The van der Waals surface area contributed by atoms with Crippen LogP contribution in [-0.2, 0) is 9.59 Å². The summed E-state index contributed by atoms with van der Waals surface area (Å²) in [4.78, 5) is 28.1. The molecule has 0 aromatic heterocycles. The minimum absolute atomic E-state index is 0.171. The van der Waals surface area contributed by atoms with Crippen molar-refractivity contribution in [1.29, 1.82) is 0 Å². The van der Waals surface area contributed by atoms with Crippen molar-refractivity contribution in [2.75, 3.05) is 26.2 Å². The van der Waals surface area contributed by atoms with Crippen molar-refractivity contribution < 1.29 is 9.59 Å². The molecule has 120 valence electrons. The minimum atomic E-state index is -0.291. The Hall–Kier alpha value is -1.10. The number of hydrogen-bond acceptors (Lipinski definition) is 3. The number of carbonyl (C=O) groups excluding carboxylic acids is 2. The summed E-state index contributed by atoms with van der Waals surface area (Å²) in [5.74, 6) is 0.358. The quantitative estimate of drug-likeness (QED) is 0.858. The average molecular weight is 295 g/mol. The van der Waals surface area contributed by atoms with E-state index in [1.165, 1.54) is 6.42 Å². The van der Waals surface area contributed by atoms with Crippen LogP contribution in [0.25, 0.3) is 0 Å². The predicted octanol–water partition coefficient (Wildman–Crippen LogP) is 1.51. The molecule has 0 atom stereocenters. The molecule has 1 saturated heterocycles. The molecule has 5 nitrogen and oxygen atoms in total. The van der Waals surface area contributed by atoms with E-state index in [0.717, 1.165) is 45.2 Å². The highest BCUT2D eigenvalue weighted by atomic mass is 16.2. The minimum Gasteiger partial charge on any atom is -0.341 e. The van der Waals surface area contributed by atoms with Gasteiger partial charge in [0.15, 0.2) is 0 Å². The van der Waals surface area contributed by atoms with Gasteiger partial charge in [-0.2, -0.15) is 0 Å². The summed E-state index contributed by atoms with van der Waals surface area (Å²) in [6.45, 7) is 4.72. The van der Waals surface area contributed by atoms with E-state index in [9.17, 15) is 9.59 Å². The average Bonchev–Trinajstić information content (AvgIpc) is 2.72. The predicted molar refractivity (Wildman–Crippen MR) is 82.7 cm³/mol. The summed E-state index contributed by atoms with van der Waals surface area (Å²) in [6.07, 6.45) is 7.33. The van der Waals surface area contributed by atoms with Crippen LogP contribution in [0, 0.1) is 0 Å². The molecule has 0 bridgehead atoms. The van der Waals surface area contributed by atoms with E-state index >= 15 is 0 Å². The zero-order valence-corrected chi connectivity index (χ0v) is 13.3. The molecule has 2 aliphatic rings. The first-order chi connectivity index (χ1) is 10.0. The van der Waals surface area contributed by atoms with Gasteiger partial charge in [0.25, 0.3) is 0 Å². The molecule has 2 N–H and O–H groups in total. The van der Waals surface area contributed by atoms with Gasteiger partial charge in [-0.05, 0) is 19.3 Å². The van der Waals surface area contributed by atoms with Crippen LogP contribution in [0.2, 0.25) is 0 Å². The van der Waals surface area contributed by atoms with Gasteiger partial charge in [0.1, 0.15) is 0 Å². The van der Waals surface area contributed by atoms with Crippen LogP contribution in [0.15, 0.2) is 0 Å². The fourth-order valence-electron chi connectivity index (χ4n) is 3.49. The maximum atomic E-state index is 12.5. The lowest BCUT2D eigenvalue weighted by Gasteiger charge is -2.34. The summed E-state index contributed by atoms with van der Waals surface area (Å²) < 4.78 is 0. The fourth-order valence-corrected chi connectivity index (χ4v) is 3.49. The van der Waals surface area contributed by atoms with E-state index < -0.39 is 0 Å². The monoisotopic (exact) mass is 295 g/mol. The van der Waals surface area contributed by atoms with Gasteiger partial charge in [-0.25, -0.2) is 0 Å². The van der Waals surface area contributed by atoms with Gasteiger partial charge in [0.2, 0.25) is 11.8 Å². The summed E-state index contributed by atoms with van der Waals surface area (Å²) >= 11 is 0. The van der Waals surface area contributed by atoms with Gasteiger partial charge in [-0.3, -0.25) is 9.59 Å². The Balaban J connectivity index is 1.86. The second kappa shape index (κ2) is 7.25. The molecule has 0 aromatic carbocycles. The highest BCUT2D eigenvalue weighted by Gasteiger charge is 2.32. The normalized spacial score (nSPS) is 22.8. The van der Waals surface area contributed by atoms with Crippen LogP contribution in [0.3, 0.4) is 0 Å². The Labute approximate surface area is 127 Å². The molecular formula is C16H29N3O2. The zero-order valence-electron chi connectivity index (χ0n) is 13.3. The topological polar surface area (TPSA) is 66.6 Å². The zero-order chi connectivity index (χ0) is 15.3. The molecule has 1 saturated carbocycles. The van der Waals surface area contributed by atoms with E-state index in [0.29, 0.717) is 25.9 Å². The van der Waals surface area contributed by atoms with Crippen molar-refractivity contribution in [1.82, 2.24) is 9.80 Å². The number of amides is 2. The number of nitrogens with zero attached hydrogens (tertiary/aromatic N) is 2. The Morgan fingerprint density at radius 3 is 2.05 bits per heavy atom. The third-order valence-electron chi connectivity index (χ3n) is 4.86. The van der Waals surface area contributed by atoms with Crippen molar-refractivity contribution >= 4 is 11.8 Å². The fraction of sp³-hybridized carbons (Fsp3) is 0.875. The summed E-state index contributed by atoms with van der Waals surface area (Å²) in [5, 5.41) is 0. The molecule has 1 heterocycles. The van der Waals surface area contributed by atoms with Crippen LogP contribution in [0.5, 0.6) is 0 Å². The molecule has 1 aliphatic heterocycles. The molecule has 2 fully saturated rings. The van der Waals surface area contributed by atoms with E-state index in [-0.39, 0.29) is 17.4 Å². The smallest absolute Gasteiger partial charge is 0.224 e. The Bertz CT molecular complexity index is 378. The molecule has 21 heavy (non-hydrogen) atoms. The van der Waals surface area contributed by atoms with Crippen LogP contribution in [0.1, 0.15) is 58.3 Å². The van der Waals surface area contributed by atoms with Gasteiger partial charge in [0.05, 0.1) is 0 Å². The third kappa shape index (κ3) is 4.43. The molecule has 1 aliphatic carbocycles. The molecule has 2 amide bonds. The highest BCUT2D eigenvalue weighted by molar-refractivity contribution is 5.78. The summed E-state index contributed by atoms with van der Waals surface area (Å²) in [5.41, 5.74) is 6.10. The van der Waals surface area contributed by atoms with Gasteiger partial charge < -0.3 is 15.5 Å².